The molecule has 0 aliphatic rings. The monoisotopic (exact) mass is 332 g/mol. The van der Waals surface area contributed by atoms with Crippen LogP contribution in [0.3, 0.4) is 0 Å². The van der Waals surface area contributed by atoms with Crippen molar-refractivity contribution in [2.75, 3.05) is 11.9 Å². The molecule has 0 amide bonds. The molecule has 3 aromatic rings. The summed E-state index contributed by atoms with van der Waals surface area (Å²) < 4.78 is 0. The Balaban J connectivity index is 1.76. The van der Waals surface area contributed by atoms with Crippen LogP contribution in [0.15, 0.2) is 60.7 Å². The van der Waals surface area contributed by atoms with Gasteiger partial charge in [0.05, 0.1) is 11.2 Å². The molecule has 3 rings (SSSR count). The predicted octanol–water partition coefficient (Wildman–Crippen LogP) is 4.31. The van der Waals surface area contributed by atoms with Gasteiger partial charge in [-0.05, 0) is 42.8 Å². The number of aromatic nitrogens is 1. The van der Waals surface area contributed by atoms with Crippen LogP contribution >= 0.6 is 0 Å². The van der Waals surface area contributed by atoms with E-state index < -0.39 is 12.0 Å². The lowest BCUT2D eigenvalue weighted by Crippen LogP contribution is -2.35. The van der Waals surface area contributed by atoms with Gasteiger partial charge in [-0.15, -0.1) is 0 Å². The number of carbonyl (C=O) groups is 1. The van der Waals surface area contributed by atoms with Gasteiger partial charge in [-0.25, -0.2) is 9.78 Å². The van der Waals surface area contributed by atoms with E-state index in [0.29, 0.717) is 0 Å². The average molecular weight is 332 g/mol. The number of carboxylic acid groups (broad SMARTS) is 1. The summed E-state index contributed by atoms with van der Waals surface area (Å²) >= 11 is 0. The van der Waals surface area contributed by atoms with Crippen molar-refractivity contribution in [1.82, 2.24) is 4.98 Å². The lowest BCUT2D eigenvalue weighted by molar-refractivity contribution is -0.138. The van der Waals surface area contributed by atoms with Crippen molar-refractivity contribution < 1.29 is 9.90 Å². The number of anilines is 1. The number of pyridine rings is 1. The zero-order valence-electron chi connectivity index (χ0n) is 14.3. The number of hydrogen-bond acceptors (Lipinski definition) is 3. The van der Waals surface area contributed by atoms with Crippen molar-refractivity contribution in [3.8, 4) is 0 Å². The van der Waals surface area contributed by atoms with Gasteiger partial charge in [-0.3, -0.25) is 0 Å². The summed E-state index contributed by atoms with van der Waals surface area (Å²) in [4.78, 5) is 17.4. The van der Waals surface area contributed by atoms with Crippen molar-refractivity contribution in [3.63, 3.8) is 0 Å². The predicted molar refractivity (Wildman–Crippen MR) is 103 cm³/mol. The highest BCUT2D eigenvalue weighted by Gasteiger charge is 2.16. The number of nitrogens with zero attached hydrogens (tertiary/aromatic N) is 2. The molecule has 0 aliphatic heterocycles. The minimum absolute atomic E-state index is 0.566. The third kappa shape index (κ3) is 3.86. The molecule has 1 heterocycles. The van der Waals surface area contributed by atoms with E-state index in [4.69, 9.17) is 5.11 Å². The Bertz CT molecular complexity index is 917. The van der Waals surface area contributed by atoms with Crippen molar-refractivity contribution in [1.29, 1.82) is 0 Å². The van der Waals surface area contributed by atoms with Crippen LogP contribution < -0.4 is 4.90 Å². The number of carboxylic acids is 1. The number of para-hydroxylation sites is 1. The standard InChI is InChI=1S/C21H20N2O2/c1-15(21(24)25)23(2)19-13-8-16(9-14-19)7-11-18-12-10-17-5-3-4-6-20(17)22-18/h3-15H,1-2H3,(H,24,25)/b11-7+. The van der Waals surface area contributed by atoms with Crippen molar-refractivity contribution >= 4 is 34.7 Å². The van der Waals surface area contributed by atoms with Gasteiger partial charge in [-0.2, -0.15) is 0 Å². The molecule has 1 N–H and O–H groups in total. The first-order valence-corrected chi connectivity index (χ1v) is 8.14. The fraction of sp³-hybridized carbons (Fsp3) is 0.143. The largest absolute Gasteiger partial charge is 0.480 e. The van der Waals surface area contributed by atoms with Crippen LogP contribution in [-0.2, 0) is 4.79 Å². The number of fused-ring (bicyclic) bond motifs is 1. The molecular weight excluding hydrogens is 312 g/mol. The van der Waals surface area contributed by atoms with E-state index in [1.54, 1.807) is 18.9 Å². The maximum atomic E-state index is 11.1. The van der Waals surface area contributed by atoms with Gasteiger partial charge in [0.15, 0.2) is 0 Å². The maximum absolute atomic E-state index is 11.1. The van der Waals surface area contributed by atoms with Crippen molar-refractivity contribution in [2.24, 2.45) is 0 Å². The number of aliphatic carboxylic acids is 1. The zero-order chi connectivity index (χ0) is 17.8. The van der Waals surface area contributed by atoms with E-state index >= 15 is 0 Å². The molecule has 1 aromatic heterocycles. The molecule has 0 bridgehead atoms. The first-order chi connectivity index (χ1) is 12.0. The van der Waals surface area contributed by atoms with Crippen LogP contribution in [0.25, 0.3) is 23.1 Å². The van der Waals surface area contributed by atoms with Crippen LogP contribution in [0, 0.1) is 0 Å². The lowest BCUT2D eigenvalue weighted by Gasteiger charge is -2.23. The molecule has 0 aliphatic carbocycles. The molecule has 0 saturated heterocycles. The second-order valence-corrected chi connectivity index (χ2v) is 5.98. The van der Waals surface area contributed by atoms with E-state index in [1.165, 1.54) is 0 Å². The van der Waals surface area contributed by atoms with Crippen LogP contribution in [0.5, 0.6) is 0 Å². The molecular formula is C21H20N2O2. The molecule has 1 atom stereocenters. The molecule has 1 unspecified atom stereocenters. The Hall–Kier alpha value is -3.14. The van der Waals surface area contributed by atoms with E-state index in [2.05, 4.69) is 11.1 Å². The fourth-order valence-corrected chi connectivity index (χ4v) is 2.57. The minimum atomic E-state index is -0.839. The summed E-state index contributed by atoms with van der Waals surface area (Å²) in [5.41, 5.74) is 3.79. The molecule has 2 aromatic carbocycles. The van der Waals surface area contributed by atoms with Gasteiger partial charge in [-0.1, -0.05) is 42.5 Å². The summed E-state index contributed by atoms with van der Waals surface area (Å²) in [5.74, 6) is -0.839. The van der Waals surface area contributed by atoms with Gasteiger partial charge in [0.25, 0.3) is 0 Å². The molecule has 4 heteroatoms. The van der Waals surface area contributed by atoms with Crippen LogP contribution in [0.1, 0.15) is 18.2 Å². The summed E-state index contributed by atoms with van der Waals surface area (Å²) in [6.45, 7) is 1.67. The molecule has 4 nitrogen and oxygen atoms in total. The Labute approximate surface area is 147 Å². The maximum Gasteiger partial charge on any atom is 0.326 e. The van der Waals surface area contributed by atoms with E-state index in [9.17, 15) is 4.79 Å². The molecule has 25 heavy (non-hydrogen) atoms. The normalized spacial score (nSPS) is 12.4. The highest BCUT2D eigenvalue weighted by atomic mass is 16.4. The minimum Gasteiger partial charge on any atom is -0.480 e. The topological polar surface area (TPSA) is 53.4 Å². The second kappa shape index (κ2) is 7.18. The lowest BCUT2D eigenvalue weighted by atomic mass is 10.1. The summed E-state index contributed by atoms with van der Waals surface area (Å²) in [5, 5.41) is 10.2. The SMILES string of the molecule is CC(C(=O)O)N(C)c1ccc(/C=C/c2ccc3ccccc3n2)cc1. The van der Waals surface area contributed by atoms with E-state index in [-0.39, 0.29) is 0 Å². The molecule has 0 fully saturated rings. The van der Waals surface area contributed by atoms with Crippen LogP contribution in [-0.4, -0.2) is 29.1 Å². The summed E-state index contributed by atoms with van der Waals surface area (Å²) in [6, 6.07) is 19.3. The van der Waals surface area contributed by atoms with E-state index in [0.717, 1.165) is 27.8 Å². The second-order valence-electron chi connectivity index (χ2n) is 5.98. The first kappa shape index (κ1) is 16.7. The Morgan fingerprint density at radius 3 is 2.48 bits per heavy atom. The van der Waals surface area contributed by atoms with Crippen molar-refractivity contribution in [2.45, 2.75) is 13.0 Å². The zero-order valence-corrected chi connectivity index (χ0v) is 14.3. The quantitative estimate of drug-likeness (QED) is 0.756. The molecule has 0 radical (unpaired) electrons. The van der Waals surface area contributed by atoms with Gasteiger partial charge in [0.1, 0.15) is 6.04 Å². The smallest absolute Gasteiger partial charge is 0.326 e. The Morgan fingerprint density at radius 1 is 1.04 bits per heavy atom. The number of hydrogen-bond donors (Lipinski definition) is 1. The van der Waals surface area contributed by atoms with Gasteiger partial charge in [0, 0.05) is 18.1 Å². The number of likely N-dealkylation sites (N-methyl/N-ethyl adjacent to an activating group) is 1. The first-order valence-electron chi connectivity index (χ1n) is 8.14. The van der Waals surface area contributed by atoms with Crippen molar-refractivity contribution in [3.05, 3.63) is 71.9 Å². The van der Waals surface area contributed by atoms with Gasteiger partial charge >= 0.3 is 5.97 Å². The van der Waals surface area contributed by atoms with Gasteiger partial charge in [0.2, 0.25) is 0 Å². The third-order valence-electron chi connectivity index (χ3n) is 4.31. The Kier molecular flexibility index (Phi) is 4.80. The molecule has 0 spiro atoms. The highest BCUT2D eigenvalue weighted by molar-refractivity contribution is 5.81. The molecule has 126 valence electrons. The number of rotatable bonds is 5. The van der Waals surface area contributed by atoms with Crippen LogP contribution in [0.2, 0.25) is 0 Å². The Morgan fingerprint density at radius 2 is 1.76 bits per heavy atom. The van der Waals surface area contributed by atoms with Gasteiger partial charge < -0.3 is 10.0 Å². The summed E-state index contributed by atoms with van der Waals surface area (Å²) in [6.07, 6.45) is 3.98. The highest BCUT2D eigenvalue weighted by Crippen LogP contribution is 2.18. The third-order valence-corrected chi connectivity index (χ3v) is 4.31. The molecule has 0 saturated carbocycles. The fourth-order valence-electron chi connectivity index (χ4n) is 2.57. The summed E-state index contributed by atoms with van der Waals surface area (Å²) in [7, 11) is 1.78. The average Bonchev–Trinajstić information content (AvgIpc) is 2.65. The van der Waals surface area contributed by atoms with Crippen LogP contribution in [0.4, 0.5) is 5.69 Å². The number of benzene rings is 2. The van der Waals surface area contributed by atoms with E-state index in [1.807, 2.05) is 66.7 Å².